The number of fused-ring (bicyclic) bond motifs is 2. The summed E-state index contributed by atoms with van der Waals surface area (Å²) in [6.45, 7) is 0. The van der Waals surface area contributed by atoms with Crippen LogP contribution in [0.4, 0.5) is 0 Å². The molecule has 0 fully saturated rings. The Hall–Kier alpha value is -5.47. The lowest BCUT2D eigenvalue weighted by molar-refractivity contribution is 1.16. The minimum absolute atomic E-state index is 0.00519. The Kier molecular flexibility index (Phi) is 5.33. The van der Waals surface area contributed by atoms with Crippen molar-refractivity contribution in [3.63, 3.8) is 0 Å². The minimum Gasteiger partial charge on any atom is -0.274 e. The fourth-order valence-corrected chi connectivity index (χ4v) is 6.44. The summed E-state index contributed by atoms with van der Waals surface area (Å²) in [6.07, 6.45) is 0. The van der Waals surface area contributed by atoms with Gasteiger partial charge in [0, 0.05) is 21.7 Å². The first-order chi connectivity index (χ1) is 20.3. The molecule has 0 atom stereocenters. The topological polar surface area (TPSA) is 21.5 Å². The predicted octanol–water partition coefficient (Wildman–Crippen LogP) is 9.71. The van der Waals surface area contributed by atoms with Crippen LogP contribution in [-0.2, 0) is 0 Å². The first-order valence-corrected chi connectivity index (χ1v) is 13.9. The third kappa shape index (κ3) is 3.54. The van der Waals surface area contributed by atoms with Crippen molar-refractivity contribution in [2.45, 2.75) is 0 Å². The second-order valence-electron chi connectivity index (χ2n) is 10.4. The zero-order valence-electron chi connectivity index (χ0n) is 22.3. The van der Waals surface area contributed by atoms with E-state index >= 15 is 0 Å². The Morgan fingerprint density at radius 1 is 0.415 bits per heavy atom. The van der Waals surface area contributed by atoms with Gasteiger partial charge < -0.3 is 0 Å². The molecule has 8 aromatic rings. The Morgan fingerprint density at radius 3 is 1.46 bits per heavy atom. The third-order valence-electron chi connectivity index (χ3n) is 8.14. The van der Waals surface area contributed by atoms with E-state index in [1.807, 2.05) is 46.9 Å². The zero-order chi connectivity index (χ0) is 27.3. The van der Waals surface area contributed by atoms with Crippen molar-refractivity contribution >= 4 is 27.1 Å². The van der Waals surface area contributed by atoms with Gasteiger partial charge in [0.05, 0.1) is 11.2 Å². The molecule has 2 nitrogen and oxygen atoms in total. The van der Waals surface area contributed by atoms with Gasteiger partial charge in [-0.05, 0) is 50.9 Å². The lowest BCUT2D eigenvalue weighted by Gasteiger charge is -2.17. The largest absolute Gasteiger partial charge is 0.274 e. The fourth-order valence-electron chi connectivity index (χ4n) is 6.44. The summed E-state index contributed by atoms with van der Waals surface area (Å²) >= 11 is 0. The van der Waals surface area contributed by atoms with Gasteiger partial charge >= 0.3 is 0 Å². The van der Waals surface area contributed by atoms with Gasteiger partial charge in [0.2, 0.25) is 0 Å². The number of rotatable bonds is 4. The van der Waals surface area contributed by atoms with Crippen LogP contribution in [0.15, 0.2) is 156 Å². The summed E-state index contributed by atoms with van der Waals surface area (Å²) in [4.78, 5) is 14.5. The van der Waals surface area contributed by atoms with Gasteiger partial charge in [-0.1, -0.05) is 140 Å². The highest BCUT2D eigenvalue weighted by molar-refractivity contribution is 6.25. The maximum atomic E-state index is 14.5. The predicted molar refractivity (Wildman–Crippen MR) is 172 cm³/mol. The molecule has 0 spiro atoms. The Balaban J connectivity index is 1.72. The van der Waals surface area contributed by atoms with E-state index in [4.69, 9.17) is 0 Å². The van der Waals surface area contributed by atoms with Crippen LogP contribution in [0.25, 0.3) is 71.7 Å². The third-order valence-corrected chi connectivity index (χ3v) is 8.14. The number of hydrogen-bond acceptors (Lipinski definition) is 1. The maximum Gasteiger partial charge on any atom is 0.263 e. The van der Waals surface area contributed by atoms with Crippen molar-refractivity contribution < 1.29 is 0 Å². The van der Waals surface area contributed by atoms with Crippen molar-refractivity contribution in [1.29, 1.82) is 0 Å². The molecule has 0 bridgehead atoms. The quantitative estimate of drug-likeness (QED) is 0.210. The van der Waals surface area contributed by atoms with Crippen LogP contribution >= 0.6 is 0 Å². The number of benzene rings is 6. The fraction of sp³-hybridized carbons (Fsp3) is 0. The van der Waals surface area contributed by atoms with E-state index in [9.17, 15) is 4.79 Å². The van der Waals surface area contributed by atoms with Crippen LogP contribution in [-0.4, -0.2) is 4.40 Å². The molecule has 0 aliphatic carbocycles. The van der Waals surface area contributed by atoms with Gasteiger partial charge in [-0.15, -0.1) is 0 Å². The van der Waals surface area contributed by atoms with E-state index < -0.39 is 0 Å². The average molecular weight is 524 g/mol. The van der Waals surface area contributed by atoms with Crippen molar-refractivity contribution in [2.24, 2.45) is 0 Å². The van der Waals surface area contributed by atoms with Crippen LogP contribution in [0, 0.1) is 0 Å². The van der Waals surface area contributed by atoms with E-state index in [0.29, 0.717) is 0 Å². The number of nitrogens with zero attached hydrogens (tertiary/aromatic N) is 1. The molecule has 192 valence electrons. The highest BCUT2D eigenvalue weighted by Crippen LogP contribution is 2.49. The lowest BCUT2D eigenvalue weighted by Crippen LogP contribution is -2.14. The average Bonchev–Trinajstić information content (AvgIpc) is 3.40. The van der Waals surface area contributed by atoms with Gasteiger partial charge in [-0.3, -0.25) is 9.20 Å². The van der Waals surface area contributed by atoms with Crippen LogP contribution in [0.2, 0.25) is 0 Å². The molecule has 0 radical (unpaired) electrons. The van der Waals surface area contributed by atoms with Gasteiger partial charge in [-0.2, -0.15) is 0 Å². The van der Waals surface area contributed by atoms with Crippen molar-refractivity contribution in [1.82, 2.24) is 4.40 Å². The van der Waals surface area contributed by atoms with E-state index in [2.05, 4.69) is 109 Å². The Morgan fingerprint density at radius 2 is 0.878 bits per heavy atom. The first kappa shape index (κ1) is 23.4. The molecular formula is C39H25NO. The number of hydrogen-bond donors (Lipinski definition) is 0. The monoisotopic (exact) mass is 523 g/mol. The van der Waals surface area contributed by atoms with Gasteiger partial charge in [0.1, 0.15) is 0 Å². The number of aromatic nitrogens is 1. The Bertz CT molecular complexity index is 2230. The van der Waals surface area contributed by atoms with Crippen LogP contribution < -0.4 is 5.56 Å². The van der Waals surface area contributed by atoms with Crippen LogP contribution in [0.5, 0.6) is 0 Å². The van der Waals surface area contributed by atoms with Crippen molar-refractivity contribution in [3.8, 4) is 44.6 Å². The maximum absolute atomic E-state index is 14.5. The molecule has 0 aliphatic heterocycles. The normalized spacial score (nSPS) is 11.5. The molecule has 41 heavy (non-hydrogen) atoms. The summed E-state index contributed by atoms with van der Waals surface area (Å²) in [7, 11) is 0. The lowest BCUT2D eigenvalue weighted by atomic mass is 9.87. The highest BCUT2D eigenvalue weighted by Gasteiger charge is 2.27. The zero-order valence-corrected chi connectivity index (χ0v) is 22.3. The van der Waals surface area contributed by atoms with Gasteiger partial charge in [0.25, 0.3) is 5.56 Å². The summed E-state index contributed by atoms with van der Waals surface area (Å²) < 4.78 is 1.98. The molecule has 2 aromatic heterocycles. The molecule has 0 N–H and O–H groups in total. The van der Waals surface area contributed by atoms with E-state index in [0.717, 1.165) is 71.7 Å². The summed E-state index contributed by atoms with van der Waals surface area (Å²) in [5.74, 6) is 0. The molecular weight excluding hydrogens is 498 g/mol. The molecule has 2 heterocycles. The molecule has 0 saturated carbocycles. The molecule has 2 heteroatoms. The molecule has 0 unspecified atom stereocenters. The molecule has 0 aliphatic rings. The minimum atomic E-state index is 0.00519. The SMILES string of the molecule is O=c1c2ccccc2c2c(-c3ccccc3)c(-c3ccccc3)cc3c(-c4ccccc4)c(-c4ccccc4)n1c32. The van der Waals surface area contributed by atoms with Crippen molar-refractivity contribution in [2.75, 3.05) is 0 Å². The summed E-state index contributed by atoms with van der Waals surface area (Å²) in [6, 6.07) is 52.3. The second kappa shape index (κ2) is 9.32. The first-order valence-electron chi connectivity index (χ1n) is 13.9. The van der Waals surface area contributed by atoms with E-state index in [1.54, 1.807) is 0 Å². The summed E-state index contributed by atoms with van der Waals surface area (Å²) in [5.41, 5.74) is 9.64. The molecule has 8 rings (SSSR count). The van der Waals surface area contributed by atoms with E-state index in [1.165, 1.54) is 0 Å². The molecule has 0 saturated heterocycles. The molecule has 0 amide bonds. The standard InChI is InChI=1S/C39H25NO/c41-39-31-24-14-13-23-30(31)36-34(27-17-7-2-8-18-27)32(26-15-5-1-6-16-26)25-33-35(28-19-9-3-10-20-28)37(40(39)38(33)36)29-21-11-4-12-22-29/h1-25H. The number of pyridine rings is 1. The smallest absolute Gasteiger partial charge is 0.263 e. The van der Waals surface area contributed by atoms with Crippen LogP contribution in [0.1, 0.15) is 0 Å². The van der Waals surface area contributed by atoms with Gasteiger partial charge in [-0.25, -0.2) is 0 Å². The molecule has 6 aromatic carbocycles. The Labute approximate surface area is 237 Å². The van der Waals surface area contributed by atoms with Crippen molar-refractivity contribution in [3.05, 3.63) is 162 Å². The van der Waals surface area contributed by atoms with Crippen LogP contribution in [0.3, 0.4) is 0 Å². The van der Waals surface area contributed by atoms with E-state index in [-0.39, 0.29) is 5.56 Å². The summed E-state index contributed by atoms with van der Waals surface area (Å²) in [5, 5.41) is 3.87. The highest BCUT2D eigenvalue weighted by atomic mass is 16.1. The van der Waals surface area contributed by atoms with Gasteiger partial charge in [0.15, 0.2) is 0 Å². The second-order valence-corrected chi connectivity index (χ2v) is 10.4.